The van der Waals surface area contributed by atoms with Gasteiger partial charge in [0, 0.05) is 30.9 Å². The van der Waals surface area contributed by atoms with Gasteiger partial charge >= 0.3 is 0 Å². The van der Waals surface area contributed by atoms with Crippen LogP contribution >= 0.6 is 0 Å². The van der Waals surface area contributed by atoms with Crippen molar-refractivity contribution in [1.82, 2.24) is 4.90 Å². The van der Waals surface area contributed by atoms with Gasteiger partial charge in [-0.2, -0.15) is 0 Å². The molecule has 1 saturated heterocycles. The molecular formula is C28H32N2O5. The Morgan fingerprint density at radius 1 is 0.886 bits per heavy atom. The van der Waals surface area contributed by atoms with E-state index in [2.05, 4.69) is 16.3 Å². The van der Waals surface area contributed by atoms with E-state index >= 15 is 0 Å². The van der Waals surface area contributed by atoms with Crippen LogP contribution in [0.4, 0.5) is 5.69 Å². The summed E-state index contributed by atoms with van der Waals surface area (Å²) in [5, 5.41) is 3.00. The quantitative estimate of drug-likeness (QED) is 0.407. The van der Waals surface area contributed by atoms with Crippen LogP contribution in [0.25, 0.3) is 0 Å². The first kappa shape index (κ1) is 24.6. The second kappa shape index (κ2) is 12.8. The maximum atomic E-state index is 12.9. The van der Waals surface area contributed by atoms with Crippen molar-refractivity contribution in [3.63, 3.8) is 0 Å². The second-order valence-corrected chi connectivity index (χ2v) is 8.15. The van der Waals surface area contributed by atoms with Crippen molar-refractivity contribution < 1.29 is 23.7 Å². The number of para-hydroxylation sites is 1. The molecule has 1 N–H and O–H groups in total. The van der Waals surface area contributed by atoms with Crippen LogP contribution in [-0.2, 0) is 11.3 Å². The first-order valence-electron chi connectivity index (χ1n) is 12.0. The highest BCUT2D eigenvalue weighted by Crippen LogP contribution is 2.29. The lowest BCUT2D eigenvalue weighted by Crippen LogP contribution is -2.35. The van der Waals surface area contributed by atoms with Crippen LogP contribution in [0.1, 0.15) is 22.8 Å². The third-order valence-electron chi connectivity index (χ3n) is 5.55. The molecule has 1 fully saturated rings. The summed E-state index contributed by atoms with van der Waals surface area (Å²) in [7, 11) is 0. The highest BCUT2D eigenvalue weighted by molar-refractivity contribution is 6.04. The molecule has 1 amide bonds. The van der Waals surface area contributed by atoms with Gasteiger partial charge in [-0.25, -0.2) is 0 Å². The molecule has 1 heterocycles. The van der Waals surface area contributed by atoms with E-state index in [1.165, 1.54) is 0 Å². The molecule has 3 aromatic rings. The number of benzene rings is 3. The molecule has 7 nitrogen and oxygen atoms in total. The van der Waals surface area contributed by atoms with E-state index in [0.717, 1.165) is 49.8 Å². The smallest absolute Gasteiger partial charge is 0.255 e. The molecular weight excluding hydrogens is 444 g/mol. The fraction of sp³-hybridized carbons (Fsp3) is 0.321. The first-order chi connectivity index (χ1) is 17.2. The summed E-state index contributed by atoms with van der Waals surface area (Å²) in [5.41, 5.74) is 2.41. The lowest BCUT2D eigenvalue weighted by molar-refractivity contribution is 0.0342. The van der Waals surface area contributed by atoms with Gasteiger partial charge in [0.05, 0.1) is 19.8 Å². The number of anilines is 1. The summed E-state index contributed by atoms with van der Waals surface area (Å²) in [4.78, 5) is 15.3. The van der Waals surface area contributed by atoms with E-state index < -0.39 is 0 Å². The second-order valence-electron chi connectivity index (χ2n) is 8.15. The minimum atomic E-state index is -0.201. The van der Waals surface area contributed by atoms with Crippen LogP contribution in [0, 0.1) is 0 Å². The lowest BCUT2D eigenvalue weighted by atomic mass is 10.1. The van der Waals surface area contributed by atoms with Gasteiger partial charge in [0.25, 0.3) is 5.91 Å². The molecule has 0 unspecified atom stereocenters. The zero-order valence-corrected chi connectivity index (χ0v) is 20.1. The van der Waals surface area contributed by atoms with Crippen LogP contribution in [0.5, 0.6) is 17.2 Å². The molecule has 0 saturated carbocycles. The standard InChI is InChI=1S/C28H32N2O5/c1-2-33-27-20-23(11-12-26(27)35-18-17-34-25-9-4-3-5-10-25)28(31)29-24-8-6-7-22(19-24)21-30-13-15-32-16-14-30/h3-12,19-20H,2,13-18,21H2,1H3,(H,29,31). The molecule has 4 rings (SSSR count). The Labute approximate surface area is 206 Å². The van der Waals surface area contributed by atoms with E-state index in [1.54, 1.807) is 18.2 Å². The minimum Gasteiger partial charge on any atom is -0.490 e. The van der Waals surface area contributed by atoms with Crippen LogP contribution < -0.4 is 19.5 Å². The number of carbonyl (C=O) groups is 1. The Balaban J connectivity index is 1.35. The summed E-state index contributed by atoms with van der Waals surface area (Å²) in [6, 6.07) is 22.8. The molecule has 1 aliphatic rings. The molecule has 0 bridgehead atoms. The highest BCUT2D eigenvalue weighted by atomic mass is 16.5. The van der Waals surface area contributed by atoms with Gasteiger partial charge in [-0.3, -0.25) is 9.69 Å². The molecule has 184 valence electrons. The molecule has 0 radical (unpaired) electrons. The third-order valence-corrected chi connectivity index (χ3v) is 5.55. The molecule has 35 heavy (non-hydrogen) atoms. The number of carbonyl (C=O) groups excluding carboxylic acids is 1. The number of hydrogen-bond acceptors (Lipinski definition) is 6. The fourth-order valence-corrected chi connectivity index (χ4v) is 3.83. The number of hydrogen-bond donors (Lipinski definition) is 1. The van der Waals surface area contributed by atoms with Crippen LogP contribution in [0.2, 0.25) is 0 Å². The maximum absolute atomic E-state index is 12.9. The molecule has 0 aromatic heterocycles. The number of rotatable bonds is 11. The lowest BCUT2D eigenvalue weighted by Gasteiger charge is -2.26. The summed E-state index contributed by atoms with van der Waals surface area (Å²) >= 11 is 0. The van der Waals surface area contributed by atoms with Crippen molar-refractivity contribution >= 4 is 11.6 Å². The van der Waals surface area contributed by atoms with Gasteiger partial charge in [-0.1, -0.05) is 30.3 Å². The molecule has 0 aliphatic carbocycles. The Morgan fingerprint density at radius 3 is 2.49 bits per heavy atom. The van der Waals surface area contributed by atoms with Crippen LogP contribution in [-0.4, -0.2) is 56.9 Å². The van der Waals surface area contributed by atoms with E-state index in [0.29, 0.717) is 36.9 Å². The fourth-order valence-electron chi connectivity index (χ4n) is 3.83. The third kappa shape index (κ3) is 7.47. The van der Waals surface area contributed by atoms with Crippen LogP contribution in [0.15, 0.2) is 72.8 Å². The molecule has 0 atom stereocenters. The summed E-state index contributed by atoms with van der Waals surface area (Å²) in [6.07, 6.45) is 0. The number of morpholine rings is 1. The topological polar surface area (TPSA) is 69.3 Å². The Kier molecular flexibility index (Phi) is 8.98. The van der Waals surface area contributed by atoms with E-state index in [9.17, 15) is 4.79 Å². The zero-order chi connectivity index (χ0) is 24.3. The molecule has 3 aromatic carbocycles. The molecule has 7 heteroatoms. The summed E-state index contributed by atoms with van der Waals surface area (Å²) in [5.74, 6) is 1.70. The average molecular weight is 477 g/mol. The summed E-state index contributed by atoms with van der Waals surface area (Å²) < 4.78 is 22.7. The van der Waals surface area contributed by atoms with Crippen molar-refractivity contribution in [2.45, 2.75) is 13.5 Å². The van der Waals surface area contributed by atoms with E-state index in [-0.39, 0.29) is 5.91 Å². The normalized spacial score (nSPS) is 13.7. The minimum absolute atomic E-state index is 0.201. The largest absolute Gasteiger partial charge is 0.490 e. The van der Waals surface area contributed by atoms with Gasteiger partial charge in [0.15, 0.2) is 11.5 Å². The molecule has 1 aliphatic heterocycles. The van der Waals surface area contributed by atoms with Crippen molar-refractivity contribution in [3.05, 3.63) is 83.9 Å². The van der Waals surface area contributed by atoms with Gasteiger partial charge < -0.3 is 24.3 Å². The van der Waals surface area contributed by atoms with Gasteiger partial charge in [-0.05, 0) is 55.0 Å². The SMILES string of the molecule is CCOc1cc(C(=O)Nc2cccc(CN3CCOCC3)c2)ccc1OCCOc1ccccc1. The van der Waals surface area contributed by atoms with Crippen LogP contribution in [0.3, 0.4) is 0 Å². The first-order valence-corrected chi connectivity index (χ1v) is 12.0. The number of nitrogens with zero attached hydrogens (tertiary/aromatic N) is 1. The Hall–Kier alpha value is -3.55. The van der Waals surface area contributed by atoms with Crippen molar-refractivity contribution in [2.75, 3.05) is 51.4 Å². The van der Waals surface area contributed by atoms with Crippen molar-refractivity contribution in [1.29, 1.82) is 0 Å². The predicted octanol–water partition coefficient (Wildman–Crippen LogP) is 4.63. The van der Waals surface area contributed by atoms with Gasteiger partial charge in [0.2, 0.25) is 0 Å². The zero-order valence-electron chi connectivity index (χ0n) is 20.1. The average Bonchev–Trinajstić information content (AvgIpc) is 2.89. The monoisotopic (exact) mass is 476 g/mol. The Bertz CT molecular complexity index is 1080. The highest BCUT2D eigenvalue weighted by Gasteiger charge is 2.14. The van der Waals surface area contributed by atoms with E-state index in [1.807, 2.05) is 55.5 Å². The predicted molar refractivity (Wildman–Crippen MR) is 136 cm³/mol. The number of amides is 1. The van der Waals surface area contributed by atoms with Gasteiger partial charge in [-0.15, -0.1) is 0 Å². The maximum Gasteiger partial charge on any atom is 0.255 e. The van der Waals surface area contributed by atoms with E-state index in [4.69, 9.17) is 18.9 Å². The van der Waals surface area contributed by atoms with Gasteiger partial charge in [0.1, 0.15) is 19.0 Å². The number of nitrogens with one attached hydrogen (secondary N) is 1. The number of ether oxygens (including phenoxy) is 4. The van der Waals surface area contributed by atoms with Crippen molar-refractivity contribution in [3.8, 4) is 17.2 Å². The van der Waals surface area contributed by atoms with Crippen molar-refractivity contribution in [2.24, 2.45) is 0 Å². The summed E-state index contributed by atoms with van der Waals surface area (Å²) in [6.45, 7) is 7.32. The Morgan fingerprint density at radius 2 is 1.69 bits per heavy atom. The molecule has 0 spiro atoms.